The van der Waals surface area contributed by atoms with Gasteiger partial charge in [-0.1, -0.05) is 36.9 Å². The molecule has 0 radical (unpaired) electrons. The molecule has 0 aliphatic carbocycles. The minimum absolute atomic E-state index is 0.210. The summed E-state index contributed by atoms with van der Waals surface area (Å²) in [5.74, 6) is -0.359. The highest BCUT2D eigenvalue weighted by Gasteiger charge is 2.25. The maximum Gasteiger partial charge on any atom is 0.330 e. The molecule has 1 aromatic carbocycles. The number of carbonyl (C=O) groups is 1. The monoisotopic (exact) mass is 244 g/mol. The van der Waals surface area contributed by atoms with Crippen molar-refractivity contribution in [3.05, 3.63) is 54.1 Å². The lowest BCUT2D eigenvalue weighted by molar-refractivity contribution is -0.134. The second kappa shape index (κ2) is 5.65. The van der Waals surface area contributed by atoms with E-state index in [1.165, 1.54) is 13.2 Å². The summed E-state index contributed by atoms with van der Waals surface area (Å²) < 4.78 is 9.88. The topological polar surface area (TPSA) is 38.8 Å². The summed E-state index contributed by atoms with van der Waals surface area (Å²) in [6, 6.07) is 9.79. The van der Waals surface area contributed by atoms with Crippen molar-refractivity contribution in [2.75, 3.05) is 13.7 Å². The van der Waals surface area contributed by atoms with Crippen molar-refractivity contribution in [1.29, 1.82) is 0 Å². The molecule has 1 unspecified atom stereocenters. The number of epoxide rings is 1. The first-order valence-electron chi connectivity index (χ1n) is 5.85. The van der Waals surface area contributed by atoms with Crippen molar-refractivity contribution in [1.82, 2.24) is 0 Å². The predicted octanol–water partition coefficient (Wildman–Crippen LogP) is 2.59. The van der Waals surface area contributed by atoms with Crippen LogP contribution < -0.4 is 0 Å². The van der Waals surface area contributed by atoms with E-state index in [1.807, 2.05) is 30.3 Å². The van der Waals surface area contributed by atoms with Crippen LogP contribution in [0.15, 0.2) is 48.6 Å². The van der Waals surface area contributed by atoms with Crippen LogP contribution >= 0.6 is 0 Å². The van der Waals surface area contributed by atoms with E-state index in [0.29, 0.717) is 6.42 Å². The fourth-order valence-corrected chi connectivity index (χ4v) is 1.73. The SMILES string of the molecule is C=C(C(=CC(=O)OC)CC1CO1)c1ccccc1. The molecule has 3 heteroatoms. The second-order valence-electron chi connectivity index (χ2n) is 4.20. The van der Waals surface area contributed by atoms with Crippen LogP contribution in [0.5, 0.6) is 0 Å². The standard InChI is InChI=1S/C15H16O3/c1-11(12-6-4-3-5-7-12)13(8-14-10-18-14)9-15(16)17-2/h3-7,9,14H,1,8,10H2,2H3. The lowest BCUT2D eigenvalue weighted by Gasteiger charge is -2.09. The van der Waals surface area contributed by atoms with E-state index in [-0.39, 0.29) is 12.1 Å². The maximum atomic E-state index is 11.4. The van der Waals surface area contributed by atoms with Gasteiger partial charge in [0.1, 0.15) is 0 Å². The lowest BCUT2D eigenvalue weighted by atomic mass is 9.96. The summed E-state index contributed by atoms with van der Waals surface area (Å²) in [4.78, 5) is 11.4. The van der Waals surface area contributed by atoms with Gasteiger partial charge in [0.25, 0.3) is 0 Å². The molecule has 1 fully saturated rings. The number of rotatable bonds is 5. The molecule has 3 nitrogen and oxygen atoms in total. The van der Waals surface area contributed by atoms with Crippen molar-refractivity contribution >= 4 is 11.5 Å². The summed E-state index contributed by atoms with van der Waals surface area (Å²) >= 11 is 0. The Morgan fingerprint density at radius 2 is 2.17 bits per heavy atom. The Hall–Kier alpha value is -1.87. The van der Waals surface area contributed by atoms with Gasteiger partial charge in [-0.15, -0.1) is 0 Å². The summed E-state index contributed by atoms with van der Waals surface area (Å²) in [5.41, 5.74) is 2.72. The average Bonchev–Trinajstić information content (AvgIpc) is 3.22. The van der Waals surface area contributed by atoms with Crippen LogP contribution in [0, 0.1) is 0 Å². The first kappa shape index (κ1) is 12.6. The quantitative estimate of drug-likeness (QED) is 0.346. The van der Waals surface area contributed by atoms with Crippen LogP contribution in [0.2, 0.25) is 0 Å². The zero-order valence-electron chi connectivity index (χ0n) is 10.4. The maximum absolute atomic E-state index is 11.4. The van der Waals surface area contributed by atoms with Crippen LogP contribution in [-0.4, -0.2) is 25.8 Å². The molecular formula is C15H16O3. The van der Waals surface area contributed by atoms with E-state index in [0.717, 1.165) is 23.3 Å². The van der Waals surface area contributed by atoms with Gasteiger partial charge in [-0.05, 0) is 16.7 Å². The molecule has 1 aliphatic heterocycles. The molecule has 94 valence electrons. The van der Waals surface area contributed by atoms with Gasteiger partial charge >= 0.3 is 5.97 Å². The molecule has 0 amide bonds. The Bertz CT molecular complexity index is 470. The molecule has 0 bridgehead atoms. The first-order valence-corrected chi connectivity index (χ1v) is 5.85. The summed E-state index contributed by atoms with van der Waals surface area (Å²) in [6.45, 7) is 4.81. The summed E-state index contributed by atoms with van der Waals surface area (Å²) in [5, 5.41) is 0. The van der Waals surface area contributed by atoms with E-state index in [4.69, 9.17) is 4.74 Å². The Kier molecular flexibility index (Phi) is 3.95. The average molecular weight is 244 g/mol. The van der Waals surface area contributed by atoms with Crippen molar-refractivity contribution in [3.63, 3.8) is 0 Å². The molecule has 0 saturated carbocycles. The Morgan fingerprint density at radius 3 is 2.72 bits per heavy atom. The third-order valence-corrected chi connectivity index (χ3v) is 2.85. The molecule has 2 rings (SSSR count). The van der Waals surface area contributed by atoms with E-state index >= 15 is 0 Å². The van der Waals surface area contributed by atoms with Gasteiger partial charge in [0.05, 0.1) is 19.8 Å². The molecule has 1 aliphatic rings. The number of ether oxygens (including phenoxy) is 2. The number of hydrogen-bond donors (Lipinski definition) is 0. The van der Waals surface area contributed by atoms with Gasteiger partial charge in [-0.2, -0.15) is 0 Å². The van der Waals surface area contributed by atoms with Gasteiger partial charge in [0.15, 0.2) is 0 Å². The van der Waals surface area contributed by atoms with E-state index in [9.17, 15) is 4.79 Å². The third kappa shape index (κ3) is 3.31. The smallest absolute Gasteiger partial charge is 0.330 e. The van der Waals surface area contributed by atoms with E-state index in [2.05, 4.69) is 11.3 Å². The Morgan fingerprint density at radius 1 is 1.50 bits per heavy atom. The molecular weight excluding hydrogens is 228 g/mol. The van der Waals surface area contributed by atoms with Crippen molar-refractivity contribution < 1.29 is 14.3 Å². The number of methoxy groups -OCH3 is 1. The van der Waals surface area contributed by atoms with Crippen molar-refractivity contribution in [3.8, 4) is 0 Å². The second-order valence-corrected chi connectivity index (χ2v) is 4.20. The van der Waals surface area contributed by atoms with Crippen LogP contribution in [-0.2, 0) is 14.3 Å². The highest BCUT2D eigenvalue weighted by atomic mass is 16.6. The van der Waals surface area contributed by atoms with Gasteiger partial charge < -0.3 is 9.47 Å². The normalized spacial score (nSPS) is 18.3. The van der Waals surface area contributed by atoms with Crippen LogP contribution in [0.3, 0.4) is 0 Å². The minimum atomic E-state index is -0.359. The highest BCUT2D eigenvalue weighted by Crippen LogP contribution is 2.29. The molecule has 0 N–H and O–H groups in total. The highest BCUT2D eigenvalue weighted by molar-refractivity contribution is 5.89. The zero-order chi connectivity index (χ0) is 13.0. The fraction of sp³-hybridized carbons (Fsp3) is 0.267. The number of hydrogen-bond acceptors (Lipinski definition) is 3. The Balaban J connectivity index is 2.20. The Labute approximate surface area is 107 Å². The fourth-order valence-electron chi connectivity index (χ4n) is 1.73. The molecule has 1 heterocycles. The zero-order valence-corrected chi connectivity index (χ0v) is 10.4. The van der Waals surface area contributed by atoms with Gasteiger partial charge in [-0.25, -0.2) is 4.79 Å². The molecule has 18 heavy (non-hydrogen) atoms. The number of carbonyl (C=O) groups excluding carboxylic acids is 1. The van der Waals surface area contributed by atoms with Gasteiger partial charge in [-0.3, -0.25) is 0 Å². The van der Waals surface area contributed by atoms with Gasteiger partial charge in [0, 0.05) is 12.5 Å². The number of esters is 1. The van der Waals surface area contributed by atoms with Crippen molar-refractivity contribution in [2.45, 2.75) is 12.5 Å². The van der Waals surface area contributed by atoms with Crippen LogP contribution in [0.1, 0.15) is 12.0 Å². The number of allylic oxidation sites excluding steroid dienone is 1. The molecule has 1 saturated heterocycles. The molecule has 0 spiro atoms. The molecule has 1 aromatic rings. The lowest BCUT2D eigenvalue weighted by Crippen LogP contribution is -2.01. The molecule has 1 atom stereocenters. The predicted molar refractivity (Wildman–Crippen MR) is 69.9 cm³/mol. The van der Waals surface area contributed by atoms with Crippen molar-refractivity contribution in [2.24, 2.45) is 0 Å². The van der Waals surface area contributed by atoms with Gasteiger partial charge in [0.2, 0.25) is 0 Å². The minimum Gasteiger partial charge on any atom is -0.466 e. The van der Waals surface area contributed by atoms with Crippen LogP contribution in [0.25, 0.3) is 5.57 Å². The van der Waals surface area contributed by atoms with E-state index in [1.54, 1.807) is 0 Å². The first-order chi connectivity index (χ1) is 8.70. The number of benzene rings is 1. The van der Waals surface area contributed by atoms with Crippen LogP contribution in [0.4, 0.5) is 0 Å². The molecule has 0 aromatic heterocycles. The third-order valence-electron chi connectivity index (χ3n) is 2.85. The summed E-state index contributed by atoms with van der Waals surface area (Å²) in [7, 11) is 1.37. The van der Waals surface area contributed by atoms with E-state index < -0.39 is 0 Å². The largest absolute Gasteiger partial charge is 0.466 e. The summed E-state index contributed by atoms with van der Waals surface area (Å²) in [6.07, 6.45) is 2.40.